The number of hydrogen-bond acceptors (Lipinski definition) is 3. The fourth-order valence-corrected chi connectivity index (χ4v) is 1.87. The molecule has 0 aromatic heterocycles. The van der Waals surface area contributed by atoms with Crippen molar-refractivity contribution in [3.05, 3.63) is 0 Å². The maximum absolute atomic E-state index is 9.35. The van der Waals surface area contributed by atoms with Crippen molar-refractivity contribution in [2.24, 2.45) is 0 Å². The molecule has 4 heteroatoms. The van der Waals surface area contributed by atoms with E-state index in [1.165, 1.54) is 0 Å². The number of nitrogens with zero attached hydrogens (tertiary/aromatic N) is 1. The van der Waals surface area contributed by atoms with Crippen LogP contribution in [0.4, 0.5) is 0 Å². The van der Waals surface area contributed by atoms with Crippen LogP contribution < -0.4 is 0 Å². The minimum atomic E-state index is -0.251. The lowest BCUT2D eigenvalue weighted by Gasteiger charge is -2.25. The van der Waals surface area contributed by atoms with Crippen molar-refractivity contribution in [3.63, 3.8) is 0 Å². The minimum Gasteiger partial charge on any atom is -0.391 e. The Balaban J connectivity index is 3.62. The molecule has 0 bridgehead atoms. The summed E-state index contributed by atoms with van der Waals surface area (Å²) >= 11 is 5.09. The van der Waals surface area contributed by atoms with E-state index in [1.54, 1.807) is 0 Å². The maximum Gasteiger partial charge on any atom is 0.0763 e. The molecule has 0 fully saturated rings. The molecule has 0 aliphatic carbocycles. The lowest BCUT2D eigenvalue weighted by Crippen LogP contribution is -2.37. The standard InChI is InChI=1S/C8H18BrNOS/c1-7(6-12-3)10(2)5-8(11)4-9/h7-8,11H,4-6H2,1-3H3. The van der Waals surface area contributed by atoms with Gasteiger partial charge in [-0.05, 0) is 20.2 Å². The molecule has 0 heterocycles. The molecule has 2 unspecified atom stereocenters. The molecule has 12 heavy (non-hydrogen) atoms. The number of likely N-dealkylation sites (N-methyl/N-ethyl adjacent to an activating group) is 1. The average Bonchev–Trinajstić information content (AvgIpc) is 2.04. The minimum absolute atomic E-state index is 0.251. The topological polar surface area (TPSA) is 23.5 Å². The summed E-state index contributed by atoms with van der Waals surface area (Å²) in [7, 11) is 2.05. The maximum atomic E-state index is 9.35. The van der Waals surface area contributed by atoms with Gasteiger partial charge in [-0.25, -0.2) is 0 Å². The molecule has 0 amide bonds. The van der Waals surface area contributed by atoms with Gasteiger partial charge in [0.15, 0.2) is 0 Å². The zero-order valence-corrected chi connectivity index (χ0v) is 10.4. The van der Waals surface area contributed by atoms with Crippen LogP contribution in [0, 0.1) is 0 Å². The Kier molecular flexibility index (Phi) is 7.63. The van der Waals surface area contributed by atoms with Crippen molar-refractivity contribution in [1.82, 2.24) is 4.90 Å². The monoisotopic (exact) mass is 255 g/mol. The van der Waals surface area contributed by atoms with Gasteiger partial charge in [-0.15, -0.1) is 0 Å². The molecule has 1 N–H and O–H groups in total. The fraction of sp³-hybridized carbons (Fsp3) is 1.00. The number of aliphatic hydroxyl groups excluding tert-OH is 1. The summed E-state index contributed by atoms with van der Waals surface area (Å²) < 4.78 is 0. The fourth-order valence-electron chi connectivity index (χ4n) is 0.930. The quantitative estimate of drug-likeness (QED) is 0.727. The number of thioether (sulfide) groups is 1. The van der Waals surface area contributed by atoms with Gasteiger partial charge in [-0.2, -0.15) is 11.8 Å². The normalized spacial score (nSPS) is 16.5. The second kappa shape index (κ2) is 7.18. The van der Waals surface area contributed by atoms with Crippen molar-refractivity contribution in [3.8, 4) is 0 Å². The third-order valence-electron chi connectivity index (χ3n) is 1.84. The van der Waals surface area contributed by atoms with Gasteiger partial charge in [-0.3, -0.25) is 0 Å². The molecule has 0 aromatic carbocycles. The van der Waals surface area contributed by atoms with E-state index in [0.717, 1.165) is 12.3 Å². The number of aliphatic hydroxyl groups is 1. The molecular weight excluding hydrogens is 238 g/mol. The van der Waals surface area contributed by atoms with E-state index >= 15 is 0 Å². The van der Waals surface area contributed by atoms with Crippen molar-refractivity contribution < 1.29 is 5.11 Å². The zero-order valence-electron chi connectivity index (χ0n) is 7.96. The van der Waals surface area contributed by atoms with Crippen molar-refractivity contribution in [2.45, 2.75) is 19.1 Å². The van der Waals surface area contributed by atoms with E-state index in [-0.39, 0.29) is 6.10 Å². The van der Waals surface area contributed by atoms with Gasteiger partial charge >= 0.3 is 0 Å². The van der Waals surface area contributed by atoms with Crippen LogP contribution in [-0.4, -0.2) is 53.1 Å². The van der Waals surface area contributed by atoms with Crippen molar-refractivity contribution >= 4 is 27.7 Å². The Hall–Kier alpha value is 0.750. The molecule has 0 radical (unpaired) electrons. The lowest BCUT2D eigenvalue weighted by atomic mass is 10.3. The highest BCUT2D eigenvalue weighted by atomic mass is 79.9. The molecule has 0 aromatic rings. The molecule has 0 saturated heterocycles. The summed E-state index contributed by atoms with van der Waals surface area (Å²) in [5.41, 5.74) is 0. The third kappa shape index (κ3) is 5.41. The third-order valence-corrected chi connectivity index (χ3v) is 3.40. The van der Waals surface area contributed by atoms with Gasteiger partial charge < -0.3 is 10.0 Å². The van der Waals surface area contributed by atoms with Crippen LogP contribution in [0.3, 0.4) is 0 Å². The van der Waals surface area contributed by atoms with E-state index in [2.05, 4.69) is 34.0 Å². The number of hydrogen-bond donors (Lipinski definition) is 1. The van der Waals surface area contributed by atoms with Gasteiger partial charge in [0.2, 0.25) is 0 Å². The molecule has 0 aliphatic heterocycles. The summed E-state index contributed by atoms with van der Waals surface area (Å²) in [4.78, 5) is 2.18. The summed E-state index contributed by atoms with van der Waals surface area (Å²) in [6, 6.07) is 0.536. The van der Waals surface area contributed by atoms with Gasteiger partial charge in [0.05, 0.1) is 6.10 Å². The molecule has 74 valence electrons. The Bertz CT molecular complexity index is 115. The second-order valence-corrected chi connectivity index (χ2v) is 4.61. The van der Waals surface area contributed by atoms with E-state index in [9.17, 15) is 5.11 Å². The molecule has 2 nitrogen and oxygen atoms in total. The van der Waals surface area contributed by atoms with Gasteiger partial charge in [0.1, 0.15) is 0 Å². The zero-order chi connectivity index (χ0) is 9.56. The van der Waals surface area contributed by atoms with Crippen molar-refractivity contribution in [2.75, 3.05) is 30.9 Å². The number of halogens is 1. The molecule has 0 aliphatic rings. The second-order valence-electron chi connectivity index (χ2n) is 3.05. The van der Waals surface area contributed by atoms with Crippen LogP contribution in [0.5, 0.6) is 0 Å². The van der Waals surface area contributed by atoms with Crippen molar-refractivity contribution in [1.29, 1.82) is 0 Å². The highest BCUT2D eigenvalue weighted by molar-refractivity contribution is 9.09. The Morgan fingerprint density at radius 3 is 2.58 bits per heavy atom. The van der Waals surface area contributed by atoms with Gasteiger partial charge in [0.25, 0.3) is 0 Å². The van der Waals surface area contributed by atoms with Crippen LogP contribution in [0.15, 0.2) is 0 Å². The van der Waals surface area contributed by atoms with Crippen LogP contribution in [0.2, 0.25) is 0 Å². The van der Waals surface area contributed by atoms with Crippen LogP contribution in [0.1, 0.15) is 6.92 Å². The van der Waals surface area contributed by atoms with Crippen LogP contribution in [0.25, 0.3) is 0 Å². The van der Waals surface area contributed by atoms with E-state index < -0.39 is 0 Å². The predicted molar refractivity (Wildman–Crippen MR) is 60.3 cm³/mol. The Morgan fingerprint density at radius 2 is 2.17 bits per heavy atom. The first-order chi connectivity index (χ1) is 5.61. The lowest BCUT2D eigenvalue weighted by molar-refractivity contribution is 0.131. The highest BCUT2D eigenvalue weighted by Gasteiger charge is 2.11. The molecular formula is C8H18BrNOS. The smallest absolute Gasteiger partial charge is 0.0763 e. The predicted octanol–water partition coefficient (Wildman–Crippen LogP) is 1.43. The summed E-state index contributed by atoms with van der Waals surface area (Å²) in [6.45, 7) is 2.92. The number of alkyl halides is 1. The average molecular weight is 256 g/mol. The van der Waals surface area contributed by atoms with Gasteiger partial charge in [-0.1, -0.05) is 15.9 Å². The first-order valence-electron chi connectivity index (χ1n) is 4.05. The first kappa shape index (κ1) is 12.8. The SMILES string of the molecule is CSCC(C)N(C)CC(O)CBr. The summed E-state index contributed by atoms with van der Waals surface area (Å²) in [5.74, 6) is 1.12. The number of rotatable bonds is 6. The van der Waals surface area contributed by atoms with E-state index in [1.807, 2.05) is 18.8 Å². The van der Waals surface area contributed by atoms with E-state index in [4.69, 9.17) is 0 Å². The molecule has 0 saturated carbocycles. The van der Waals surface area contributed by atoms with E-state index in [0.29, 0.717) is 11.4 Å². The van der Waals surface area contributed by atoms with Crippen LogP contribution >= 0.6 is 27.7 Å². The molecule has 2 atom stereocenters. The Labute approximate surface area is 87.8 Å². The van der Waals surface area contributed by atoms with Gasteiger partial charge in [0, 0.05) is 23.7 Å². The highest BCUT2D eigenvalue weighted by Crippen LogP contribution is 2.04. The largest absolute Gasteiger partial charge is 0.391 e. The molecule has 0 rings (SSSR count). The summed E-state index contributed by atoms with van der Waals surface area (Å²) in [5, 5.41) is 10.0. The molecule has 0 spiro atoms. The summed E-state index contributed by atoms with van der Waals surface area (Å²) in [6.07, 6.45) is 1.85. The first-order valence-corrected chi connectivity index (χ1v) is 6.56. The Morgan fingerprint density at radius 1 is 1.58 bits per heavy atom. The van der Waals surface area contributed by atoms with Crippen LogP contribution in [-0.2, 0) is 0 Å².